The van der Waals surface area contributed by atoms with E-state index in [1.165, 1.54) is 0 Å². The smallest absolute Gasteiger partial charge is 0.393 e. The number of carbonyl (C=O) groups excluding carboxylic acids is 1. The molecule has 0 saturated heterocycles. The number of carbonyl (C=O) groups is 1. The third-order valence-electron chi connectivity index (χ3n) is 3.71. The molecule has 2 atom stereocenters. The van der Waals surface area contributed by atoms with Gasteiger partial charge in [-0.1, -0.05) is 26.3 Å². The van der Waals surface area contributed by atoms with Gasteiger partial charge < -0.3 is 9.16 Å². The second-order valence-corrected chi connectivity index (χ2v) is 11.7. The first kappa shape index (κ1) is 19.9. The summed E-state index contributed by atoms with van der Waals surface area (Å²) in [6, 6.07) is -0.936. The predicted molar refractivity (Wildman–Crippen MR) is 88.5 cm³/mol. The molecule has 0 unspecified atom stereocenters. The van der Waals surface area contributed by atoms with E-state index in [1.807, 2.05) is 19.9 Å². The maximum Gasteiger partial charge on any atom is 0.393 e. The minimum Gasteiger partial charge on any atom is -0.460 e. The average molecular weight is 311 g/mol. The van der Waals surface area contributed by atoms with Crippen LogP contribution in [0.5, 0.6) is 0 Å². The zero-order valence-corrected chi connectivity index (χ0v) is 15.6. The Hall–Kier alpha value is -1.12. The lowest BCUT2D eigenvalue weighted by Crippen LogP contribution is -2.47. The molecule has 0 aromatic rings. The summed E-state index contributed by atoms with van der Waals surface area (Å²) >= 11 is 0. The van der Waals surface area contributed by atoms with Gasteiger partial charge in [-0.2, -0.15) is 0 Å². The first-order valence-corrected chi connectivity index (χ1v) is 10.2. The van der Waals surface area contributed by atoms with Gasteiger partial charge in [0.15, 0.2) is 14.4 Å². The Balaban J connectivity index is 5.45. The van der Waals surface area contributed by atoms with E-state index in [0.717, 1.165) is 5.57 Å². The van der Waals surface area contributed by atoms with E-state index in [2.05, 4.69) is 38.7 Å². The molecule has 0 fully saturated rings. The second-order valence-electron chi connectivity index (χ2n) is 6.91. The van der Waals surface area contributed by atoms with Crippen molar-refractivity contribution in [3.8, 4) is 0 Å². The molecule has 0 heterocycles. The van der Waals surface area contributed by atoms with Gasteiger partial charge in [0.25, 0.3) is 0 Å². The lowest BCUT2D eigenvalue weighted by molar-refractivity contribution is -0.145. The van der Waals surface area contributed by atoms with Crippen LogP contribution >= 0.6 is 0 Å². The van der Waals surface area contributed by atoms with E-state index in [1.54, 1.807) is 6.92 Å². The highest BCUT2D eigenvalue weighted by Gasteiger charge is 2.44. The summed E-state index contributed by atoms with van der Waals surface area (Å²) in [5.74, 6) is -0.506. The molecule has 5 heteroatoms. The van der Waals surface area contributed by atoms with Crippen LogP contribution < -0.4 is 0 Å². The van der Waals surface area contributed by atoms with Crippen LogP contribution in [0.2, 0.25) is 18.1 Å². The summed E-state index contributed by atoms with van der Waals surface area (Å²) in [4.78, 5) is 15.5. The Labute approximate surface area is 130 Å². The third-order valence-corrected chi connectivity index (χ3v) is 8.19. The molecule has 0 rings (SSSR count). The van der Waals surface area contributed by atoms with E-state index in [4.69, 9.17) is 15.7 Å². The second kappa shape index (κ2) is 7.76. The van der Waals surface area contributed by atoms with Crippen LogP contribution in [0.4, 0.5) is 0 Å². The van der Waals surface area contributed by atoms with E-state index in [-0.39, 0.29) is 11.6 Å². The summed E-state index contributed by atoms with van der Waals surface area (Å²) in [5.41, 5.74) is 1.02. The quantitative estimate of drug-likeness (QED) is 0.319. The first-order valence-electron chi connectivity index (χ1n) is 7.32. The Morgan fingerprint density at radius 1 is 1.33 bits per heavy atom. The fourth-order valence-electron chi connectivity index (χ4n) is 1.52. The summed E-state index contributed by atoms with van der Waals surface area (Å²) in [7, 11) is -2.08. The largest absolute Gasteiger partial charge is 0.460 e. The molecule has 0 aliphatic carbocycles. The molecule has 0 bridgehead atoms. The molecule has 0 radical (unpaired) electrons. The molecular weight excluding hydrogens is 282 g/mol. The molecule has 0 N–H and O–H groups in total. The molecule has 0 saturated carbocycles. The minimum atomic E-state index is -2.08. The molecule has 0 aliphatic rings. The van der Waals surface area contributed by atoms with Gasteiger partial charge in [-0.15, -0.1) is 0 Å². The number of allylic oxidation sites excluding steroid dienone is 1. The van der Waals surface area contributed by atoms with E-state index >= 15 is 0 Å². The van der Waals surface area contributed by atoms with Crippen molar-refractivity contribution in [2.24, 2.45) is 0 Å². The topological polar surface area (TPSA) is 39.9 Å². The lowest BCUT2D eigenvalue weighted by atomic mass is 10.1. The zero-order valence-electron chi connectivity index (χ0n) is 14.6. The number of ether oxygens (including phenoxy) is 1. The van der Waals surface area contributed by atoms with Gasteiger partial charge in [-0.05, 0) is 45.0 Å². The van der Waals surface area contributed by atoms with Crippen molar-refractivity contribution >= 4 is 14.3 Å². The predicted octanol–water partition coefficient (Wildman–Crippen LogP) is 4.19. The van der Waals surface area contributed by atoms with Gasteiger partial charge in [0.1, 0.15) is 0 Å². The summed E-state index contributed by atoms with van der Waals surface area (Å²) in [6.45, 7) is 23.9. The number of nitrogens with zero attached hydrogens (tertiary/aromatic N) is 1. The molecule has 0 aromatic heterocycles. The molecular formula is C16H29NO3Si. The summed E-state index contributed by atoms with van der Waals surface area (Å²) in [5, 5.41) is 0.0158. The molecule has 0 aromatic carbocycles. The summed E-state index contributed by atoms with van der Waals surface area (Å²) in [6.07, 6.45) is 1.31. The summed E-state index contributed by atoms with van der Waals surface area (Å²) < 4.78 is 11.3. The van der Waals surface area contributed by atoms with Gasteiger partial charge in [0, 0.05) is 0 Å². The van der Waals surface area contributed by atoms with Crippen molar-refractivity contribution in [1.29, 1.82) is 0 Å². The van der Waals surface area contributed by atoms with Crippen LogP contribution in [0.1, 0.15) is 41.5 Å². The Bertz CT molecular complexity index is 426. The average Bonchev–Trinajstić information content (AvgIpc) is 2.26. The van der Waals surface area contributed by atoms with Crippen LogP contribution in [-0.2, 0) is 14.0 Å². The maximum absolute atomic E-state index is 12.0. The highest BCUT2D eigenvalue weighted by atomic mass is 28.4. The normalized spacial score (nSPS) is 14.8. The highest BCUT2D eigenvalue weighted by molar-refractivity contribution is 6.74. The SMILES string of the molecule is [C-]#[N+][C@H](C(=O)OCC)[C@H](C=C(C)C)O[Si](C)(C)C(C)(C)C. The van der Waals surface area contributed by atoms with Crippen LogP contribution in [0, 0.1) is 6.57 Å². The zero-order chi connectivity index (χ0) is 16.8. The van der Waals surface area contributed by atoms with Gasteiger partial charge in [0.05, 0.1) is 6.61 Å². The van der Waals surface area contributed by atoms with E-state index in [9.17, 15) is 4.79 Å². The molecule has 4 nitrogen and oxygen atoms in total. The number of rotatable bonds is 6. The van der Waals surface area contributed by atoms with Crippen LogP contribution in [0.3, 0.4) is 0 Å². The van der Waals surface area contributed by atoms with Gasteiger partial charge in [-0.3, -0.25) is 4.85 Å². The van der Waals surface area contributed by atoms with E-state index < -0.39 is 26.4 Å². The Morgan fingerprint density at radius 2 is 1.86 bits per heavy atom. The number of esters is 1. The standard InChI is InChI=1S/C16H29NO3Si/c1-10-19-15(18)14(17-7)13(11-12(2)3)20-21(8,9)16(4,5)6/h11,13-14H,10H2,1-6,8-9H3/t13-,14-/m0/s1. The van der Waals surface area contributed by atoms with Crippen molar-refractivity contribution in [2.75, 3.05) is 6.61 Å². The third kappa shape index (κ3) is 6.02. The number of hydrogen-bond acceptors (Lipinski definition) is 3. The van der Waals surface area contributed by atoms with Gasteiger partial charge in [0.2, 0.25) is 0 Å². The van der Waals surface area contributed by atoms with E-state index in [0.29, 0.717) is 0 Å². The number of hydrogen-bond donors (Lipinski definition) is 0. The van der Waals surface area contributed by atoms with Crippen LogP contribution in [-0.4, -0.2) is 33.0 Å². The maximum atomic E-state index is 12.0. The molecule has 0 amide bonds. The highest BCUT2D eigenvalue weighted by Crippen LogP contribution is 2.38. The fourth-order valence-corrected chi connectivity index (χ4v) is 2.75. The van der Waals surface area contributed by atoms with Crippen molar-refractivity contribution in [3.05, 3.63) is 23.1 Å². The van der Waals surface area contributed by atoms with Crippen molar-refractivity contribution in [1.82, 2.24) is 0 Å². The van der Waals surface area contributed by atoms with Crippen molar-refractivity contribution in [3.63, 3.8) is 0 Å². The molecule has 0 spiro atoms. The minimum absolute atomic E-state index is 0.0158. The van der Waals surface area contributed by atoms with Gasteiger partial charge >= 0.3 is 12.0 Å². The van der Waals surface area contributed by atoms with Crippen molar-refractivity contribution < 1.29 is 14.0 Å². The molecule has 21 heavy (non-hydrogen) atoms. The lowest BCUT2D eigenvalue weighted by Gasteiger charge is -2.38. The molecule has 120 valence electrons. The van der Waals surface area contributed by atoms with Crippen LogP contribution in [0.15, 0.2) is 11.6 Å². The molecule has 0 aliphatic heterocycles. The van der Waals surface area contributed by atoms with Crippen molar-refractivity contribution in [2.45, 2.75) is 71.8 Å². The first-order chi connectivity index (χ1) is 9.46. The van der Waals surface area contributed by atoms with Gasteiger partial charge in [-0.25, -0.2) is 11.4 Å². The fraction of sp³-hybridized carbons (Fsp3) is 0.750. The monoisotopic (exact) mass is 311 g/mol. The van der Waals surface area contributed by atoms with Crippen LogP contribution in [0.25, 0.3) is 4.85 Å². The Morgan fingerprint density at radius 3 is 2.19 bits per heavy atom. The Kier molecular flexibility index (Phi) is 7.35.